The molecule has 0 spiro atoms. The second-order valence-electron chi connectivity index (χ2n) is 7.46. The van der Waals surface area contributed by atoms with Gasteiger partial charge in [0.1, 0.15) is 11.1 Å². The number of amides is 3. The monoisotopic (exact) mass is 463 g/mol. The van der Waals surface area contributed by atoms with Crippen molar-refractivity contribution >= 4 is 40.7 Å². The van der Waals surface area contributed by atoms with Gasteiger partial charge in [-0.3, -0.25) is 24.5 Å². The van der Waals surface area contributed by atoms with Crippen molar-refractivity contribution in [3.63, 3.8) is 0 Å². The first kappa shape index (κ1) is 22.2. The van der Waals surface area contributed by atoms with Crippen molar-refractivity contribution in [2.45, 2.75) is 19.0 Å². The van der Waals surface area contributed by atoms with E-state index < -0.39 is 34.4 Å². The van der Waals surface area contributed by atoms with Gasteiger partial charge >= 0.3 is 0 Å². The van der Waals surface area contributed by atoms with Gasteiger partial charge in [0.25, 0.3) is 17.5 Å². The van der Waals surface area contributed by atoms with Crippen molar-refractivity contribution < 1.29 is 19.3 Å². The lowest BCUT2D eigenvalue weighted by Gasteiger charge is -2.28. The molecule has 0 N–H and O–H groups in total. The van der Waals surface area contributed by atoms with E-state index in [1.165, 1.54) is 17.0 Å². The molecule has 0 bridgehead atoms. The average Bonchev–Trinajstić information content (AvgIpc) is 3.12. The highest BCUT2D eigenvalue weighted by molar-refractivity contribution is 6.32. The van der Waals surface area contributed by atoms with Crippen LogP contribution in [0.4, 0.5) is 11.4 Å². The van der Waals surface area contributed by atoms with Crippen LogP contribution in [-0.4, -0.2) is 33.6 Å². The third kappa shape index (κ3) is 4.47. The summed E-state index contributed by atoms with van der Waals surface area (Å²) in [5, 5.41) is 11.2. The number of nitro groups is 1. The molecule has 1 saturated heterocycles. The average molecular weight is 464 g/mol. The molecule has 3 amide bonds. The third-order valence-electron chi connectivity index (χ3n) is 5.36. The number of halogens is 1. The molecular formula is C24H18ClN3O5. The smallest absolute Gasteiger partial charge is 0.288 e. The molecule has 1 aliphatic heterocycles. The van der Waals surface area contributed by atoms with Crippen LogP contribution in [0, 0.1) is 10.1 Å². The first-order valence-corrected chi connectivity index (χ1v) is 10.5. The molecule has 4 rings (SSSR count). The highest BCUT2D eigenvalue weighted by Crippen LogP contribution is 2.30. The summed E-state index contributed by atoms with van der Waals surface area (Å²) in [6, 6.07) is 20.1. The van der Waals surface area contributed by atoms with E-state index >= 15 is 0 Å². The van der Waals surface area contributed by atoms with Crippen LogP contribution in [0.2, 0.25) is 5.02 Å². The molecule has 1 unspecified atom stereocenters. The minimum absolute atomic E-state index is 0.000409. The van der Waals surface area contributed by atoms with Crippen LogP contribution in [0.3, 0.4) is 0 Å². The Morgan fingerprint density at radius 3 is 2.30 bits per heavy atom. The van der Waals surface area contributed by atoms with E-state index in [9.17, 15) is 24.5 Å². The molecular weight excluding hydrogens is 446 g/mol. The molecule has 166 valence electrons. The van der Waals surface area contributed by atoms with E-state index in [1.807, 2.05) is 6.07 Å². The van der Waals surface area contributed by atoms with Gasteiger partial charge in [-0.15, -0.1) is 0 Å². The highest BCUT2D eigenvalue weighted by Gasteiger charge is 2.44. The molecule has 1 aliphatic rings. The first-order chi connectivity index (χ1) is 15.9. The Hall–Kier alpha value is -4.04. The number of rotatable bonds is 6. The van der Waals surface area contributed by atoms with Gasteiger partial charge in [-0.2, -0.15) is 0 Å². The molecule has 8 nitrogen and oxygen atoms in total. The second-order valence-corrected chi connectivity index (χ2v) is 7.87. The number of imide groups is 1. The van der Waals surface area contributed by atoms with Gasteiger partial charge in [0.15, 0.2) is 0 Å². The predicted molar refractivity (Wildman–Crippen MR) is 122 cm³/mol. The maximum absolute atomic E-state index is 13.5. The van der Waals surface area contributed by atoms with Crippen molar-refractivity contribution in [2.75, 3.05) is 4.90 Å². The first-order valence-electron chi connectivity index (χ1n) is 10.1. The highest BCUT2D eigenvalue weighted by atomic mass is 35.5. The van der Waals surface area contributed by atoms with Crippen molar-refractivity contribution in [1.82, 2.24) is 4.90 Å². The summed E-state index contributed by atoms with van der Waals surface area (Å²) in [6.07, 6.45) is -0.192. The Labute approximate surface area is 194 Å². The zero-order valence-corrected chi connectivity index (χ0v) is 18.0. The Bertz CT molecular complexity index is 1230. The van der Waals surface area contributed by atoms with Crippen LogP contribution in [-0.2, 0) is 16.1 Å². The SMILES string of the molecule is O=C1CC(N(Cc2ccccc2)C(=O)c2ccc(Cl)c([N+](=O)[O-])c2)C(=O)N1c1ccccc1. The van der Waals surface area contributed by atoms with Crippen LogP contribution >= 0.6 is 11.6 Å². The van der Waals surface area contributed by atoms with E-state index in [-0.39, 0.29) is 23.6 Å². The lowest BCUT2D eigenvalue weighted by Crippen LogP contribution is -2.45. The number of para-hydroxylation sites is 1. The van der Waals surface area contributed by atoms with Crippen molar-refractivity contribution in [2.24, 2.45) is 0 Å². The number of nitrogens with zero attached hydrogens (tertiary/aromatic N) is 3. The molecule has 9 heteroatoms. The lowest BCUT2D eigenvalue weighted by atomic mass is 10.1. The maximum Gasteiger partial charge on any atom is 0.288 e. The fourth-order valence-electron chi connectivity index (χ4n) is 3.76. The summed E-state index contributed by atoms with van der Waals surface area (Å²) in [5.41, 5.74) is 0.749. The summed E-state index contributed by atoms with van der Waals surface area (Å²) >= 11 is 5.89. The molecule has 1 fully saturated rings. The van der Waals surface area contributed by atoms with Crippen LogP contribution in [0.25, 0.3) is 0 Å². The topological polar surface area (TPSA) is 101 Å². The molecule has 3 aromatic carbocycles. The summed E-state index contributed by atoms with van der Waals surface area (Å²) in [7, 11) is 0. The van der Waals surface area contributed by atoms with Crippen molar-refractivity contribution in [1.29, 1.82) is 0 Å². The van der Waals surface area contributed by atoms with E-state index in [4.69, 9.17) is 11.6 Å². The van der Waals surface area contributed by atoms with Crippen molar-refractivity contribution in [3.05, 3.63) is 105 Å². The van der Waals surface area contributed by atoms with E-state index in [0.29, 0.717) is 5.69 Å². The molecule has 1 atom stereocenters. The maximum atomic E-state index is 13.5. The zero-order valence-electron chi connectivity index (χ0n) is 17.3. The molecule has 0 aromatic heterocycles. The Morgan fingerprint density at radius 1 is 1.03 bits per heavy atom. The van der Waals surface area contributed by atoms with Crippen molar-refractivity contribution in [3.8, 4) is 0 Å². The molecule has 1 heterocycles. The van der Waals surface area contributed by atoms with Gasteiger partial charge in [0.2, 0.25) is 5.91 Å². The van der Waals surface area contributed by atoms with Gasteiger partial charge in [0, 0.05) is 18.2 Å². The zero-order chi connectivity index (χ0) is 23.5. The number of benzene rings is 3. The predicted octanol–water partition coefficient (Wildman–Crippen LogP) is 4.22. The molecule has 0 aliphatic carbocycles. The minimum atomic E-state index is -1.06. The number of carbonyl (C=O) groups is 3. The molecule has 0 saturated carbocycles. The van der Waals surface area contributed by atoms with E-state index in [0.717, 1.165) is 16.5 Å². The number of carbonyl (C=O) groups excluding carboxylic acids is 3. The number of hydrogen-bond acceptors (Lipinski definition) is 5. The summed E-state index contributed by atoms with van der Waals surface area (Å²) < 4.78 is 0. The van der Waals surface area contributed by atoms with E-state index in [2.05, 4.69) is 0 Å². The number of nitro benzene ring substituents is 1. The fraction of sp³-hybridized carbons (Fsp3) is 0.125. The van der Waals surface area contributed by atoms with Gasteiger partial charge < -0.3 is 4.90 Å². The van der Waals surface area contributed by atoms with Crippen LogP contribution in [0.1, 0.15) is 22.3 Å². The Balaban J connectivity index is 1.72. The van der Waals surface area contributed by atoms with Gasteiger partial charge in [-0.1, -0.05) is 60.1 Å². The Kier molecular flexibility index (Phi) is 6.19. The van der Waals surface area contributed by atoms with Crippen LogP contribution in [0.15, 0.2) is 78.9 Å². The largest absolute Gasteiger partial charge is 0.322 e. The van der Waals surface area contributed by atoms with Crippen LogP contribution < -0.4 is 4.90 Å². The third-order valence-corrected chi connectivity index (χ3v) is 5.68. The van der Waals surface area contributed by atoms with Gasteiger partial charge in [-0.25, -0.2) is 4.90 Å². The summed E-state index contributed by atoms with van der Waals surface area (Å²) in [5.74, 6) is -1.57. The summed E-state index contributed by atoms with van der Waals surface area (Å²) in [6.45, 7) is 0.0441. The van der Waals surface area contributed by atoms with E-state index in [1.54, 1.807) is 54.6 Å². The Morgan fingerprint density at radius 2 is 1.67 bits per heavy atom. The van der Waals surface area contributed by atoms with Gasteiger partial charge in [-0.05, 0) is 29.8 Å². The quantitative estimate of drug-likeness (QED) is 0.309. The lowest BCUT2D eigenvalue weighted by molar-refractivity contribution is -0.384. The molecule has 33 heavy (non-hydrogen) atoms. The number of anilines is 1. The summed E-state index contributed by atoms with van der Waals surface area (Å²) in [4.78, 5) is 52.5. The second kappa shape index (κ2) is 9.22. The minimum Gasteiger partial charge on any atom is -0.322 e. The van der Waals surface area contributed by atoms with Crippen LogP contribution in [0.5, 0.6) is 0 Å². The molecule has 3 aromatic rings. The van der Waals surface area contributed by atoms with Gasteiger partial charge in [0.05, 0.1) is 17.0 Å². The fourth-order valence-corrected chi connectivity index (χ4v) is 3.95. The number of hydrogen-bond donors (Lipinski definition) is 0. The molecule has 0 radical (unpaired) electrons. The normalized spacial score (nSPS) is 15.5. The standard InChI is InChI=1S/C24H18ClN3O5/c25-19-12-11-17(13-20(19)28(32)33)23(30)26(15-16-7-3-1-4-8-16)21-14-22(29)27(24(21)31)18-9-5-2-6-10-18/h1-13,21H,14-15H2.